The highest BCUT2D eigenvalue weighted by Gasteiger charge is 2.05. The van der Waals surface area contributed by atoms with E-state index in [1.807, 2.05) is 12.4 Å². The Morgan fingerprint density at radius 3 is 3.00 bits per heavy atom. The summed E-state index contributed by atoms with van der Waals surface area (Å²) in [5.41, 5.74) is 2.68. The Morgan fingerprint density at radius 1 is 1.50 bits per heavy atom. The van der Waals surface area contributed by atoms with Crippen molar-refractivity contribution in [1.29, 1.82) is 0 Å². The largest absolute Gasteiger partial charge is 0.383 e. The molecule has 1 aromatic heterocycles. The van der Waals surface area contributed by atoms with Gasteiger partial charge in [0.05, 0.1) is 6.61 Å². The van der Waals surface area contributed by atoms with Gasteiger partial charge in [0.1, 0.15) is 0 Å². The molecule has 3 nitrogen and oxygen atoms in total. The van der Waals surface area contributed by atoms with Crippen LogP contribution in [0.3, 0.4) is 0 Å². The molecule has 1 N–H and O–H groups in total. The maximum atomic E-state index is 4.99. The fourth-order valence-corrected chi connectivity index (χ4v) is 1.68. The average Bonchev–Trinajstić information content (AvgIpc) is 2.28. The number of methoxy groups -OCH3 is 1. The molecule has 0 bridgehead atoms. The van der Waals surface area contributed by atoms with Gasteiger partial charge in [0.2, 0.25) is 0 Å². The topological polar surface area (TPSA) is 34.1 Å². The molecule has 0 aliphatic rings. The Labute approximate surface area is 98.2 Å². The van der Waals surface area contributed by atoms with Gasteiger partial charge >= 0.3 is 0 Å². The van der Waals surface area contributed by atoms with E-state index in [2.05, 4.69) is 30.2 Å². The first-order valence-corrected chi connectivity index (χ1v) is 5.83. The first-order valence-electron chi connectivity index (χ1n) is 5.83. The zero-order chi connectivity index (χ0) is 11.8. The van der Waals surface area contributed by atoms with Gasteiger partial charge in [-0.2, -0.15) is 0 Å². The third-order valence-electron chi connectivity index (χ3n) is 2.69. The summed E-state index contributed by atoms with van der Waals surface area (Å²) in [6.07, 6.45) is 4.90. The lowest BCUT2D eigenvalue weighted by Gasteiger charge is -2.13. The summed E-state index contributed by atoms with van der Waals surface area (Å²) in [4.78, 5) is 4.17. The Kier molecular flexibility index (Phi) is 6.04. The van der Waals surface area contributed by atoms with Crippen molar-refractivity contribution in [1.82, 2.24) is 10.3 Å². The van der Waals surface area contributed by atoms with Crippen molar-refractivity contribution in [3.8, 4) is 0 Å². The lowest BCUT2D eigenvalue weighted by atomic mass is 9.99. The quantitative estimate of drug-likeness (QED) is 0.714. The van der Waals surface area contributed by atoms with Crippen molar-refractivity contribution < 1.29 is 4.74 Å². The molecule has 0 aromatic carbocycles. The molecule has 90 valence electrons. The standard InChI is InChI=1S/C13H22N2O/c1-11(9-15-6-7-16-3)8-13-10-14-5-4-12(13)2/h4-5,10-11,15H,6-9H2,1-3H3. The molecule has 0 saturated carbocycles. The summed E-state index contributed by atoms with van der Waals surface area (Å²) in [6, 6.07) is 2.07. The summed E-state index contributed by atoms with van der Waals surface area (Å²) in [7, 11) is 1.73. The second-order valence-electron chi connectivity index (χ2n) is 4.31. The molecule has 1 rings (SSSR count). The third kappa shape index (κ3) is 4.73. The predicted molar refractivity (Wildman–Crippen MR) is 66.6 cm³/mol. The molecule has 1 atom stereocenters. The van der Waals surface area contributed by atoms with Gasteiger partial charge in [-0.15, -0.1) is 0 Å². The van der Waals surface area contributed by atoms with Crippen LogP contribution in [0.1, 0.15) is 18.1 Å². The molecule has 3 heteroatoms. The molecule has 0 saturated heterocycles. The van der Waals surface area contributed by atoms with E-state index in [1.54, 1.807) is 7.11 Å². The summed E-state index contributed by atoms with van der Waals surface area (Å²) in [5, 5.41) is 3.38. The molecule has 1 heterocycles. The average molecular weight is 222 g/mol. The molecule has 0 amide bonds. The summed E-state index contributed by atoms with van der Waals surface area (Å²) in [6.45, 7) is 7.12. The summed E-state index contributed by atoms with van der Waals surface area (Å²) < 4.78 is 4.99. The Balaban J connectivity index is 2.28. The van der Waals surface area contributed by atoms with Crippen molar-refractivity contribution in [3.05, 3.63) is 29.6 Å². The number of pyridine rings is 1. The fraction of sp³-hybridized carbons (Fsp3) is 0.615. The molecule has 0 spiro atoms. The highest BCUT2D eigenvalue weighted by atomic mass is 16.5. The maximum absolute atomic E-state index is 4.99. The highest BCUT2D eigenvalue weighted by molar-refractivity contribution is 5.21. The van der Waals surface area contributed by atoms with Gasteiger partial charge in [-0.05, 0) is 43.0 Å². The minimum atomic E-state index is 0.625. The zero-order valence-electron chi connectivity index (χ0n) is 10.5. The molecule has 1 aromatic rings. The third-order valence-corrected chi connectivity index (χ3v) is 2.69. The number of hydrogen-bond donors (Lipinski definition) is 1. The van der Waals surface area contributed by atoms with Gasteiger partial charge in [-0.3, -0.25) is 4.98 Å². The molecular weight excluding hydrogens is 200 g/mol. The number of rotatable bonds is 7. The predicted octanol–water partition coefficient (Wildman–Crippen LogP) is 1.80. The Bertz CT molecular complexity index is 302. The molecular formula is C13H22N2O. The lowest BCUT2D eigenvalue weighted by molar-refractivity contribution is 0.198. The van der Waals surface area contributed by atoms with E-state index < -0.39 is 0 Å². The van der Waals surface area contributed by atoms with Crippen LogP contribution in [0.5, 0.6) is 0 Å². The number of nitrogens with one attached hydrogen (secondary N) is 1. The van der Waals surface area contributed by atoms with Crippen molar-refractivity contribution >= 4 is 0 Å². The number of ether oxygens (including phenoxy) is 1. The first kappa shape index (κ1) is 13.1. The summed E-state index contributed by atoms with van der Waals surface area (Å²) in [5.74, 6) is 0.625. The Hall–Kier alpha value is -0.930. The van der Waals surface area contributed by atoms with Crippen LogP contribution >= 0.6 is 0 Å². The normalized spacial score (nSPS) is 12.7. The van der Waals surface area contributed by atoms with E-state index in [4.69, 9.17) is 4.74 Å². The van der Waals surface area contributed by atoms with Gasteiger partial charge < -0.3 is 10.1 Å². The smallest absolute Gasteiger partial charge is 0.0587 e. The van der Waals surface area contributed by atoms with E-state index in [-0.39, 0.29) is 0 Å². The van der Waals surface area contributed by atoms with E-state index in [0.717, 1.165) is 26.1 Å². The van der Waals surface area contributed by atoms with Crippen LogP contribution in [0.2, 0.25) is 0 Å². The van der Waals surface area contributed by atoms with Gasteiger partial charge in [0.25, 0.3) is 0 Å². The first-order chi connectivity index (χ1) is 7.74. The zero-order valence-corrected chi connectivity index (χ0v) is 10.5. The number of aromatic nitrogens is 1. The summed E-state index contributed by atoms with van der Waals surface area (Å²) >= 11 is 0. The molecule has 0 aliphatic heterocycles. The van der Waals surface area contributed by atoms with Crippen LogP contribution in [0.25, 0.3) is 0 Å². The van der Waals surface area contributed by atoms with E-state index >= 15 is 0 Å². The SMILES string of the molecule is COCCNCC(C)Cc1cnccc1C. The van der Waals surface area contributed by atoms with Crippen LogP contribution in [-0.4, -0.2) is 31.8 Å². The van der Waals surface area contributed by atoms with E-state index in [0.29, 0.717) is 5.92 Å². The van der Waals surface area contributed by atoms with Gasteiger partial charge in [-0.1, -0.05) is 6.92 Å². The number of hydrogen-bond acceptors (Lipinski definition) is 3. The number of nitrogens with zero attached hydrogens (tertiary/aromatic N) is 1. The van der Waals surface area contributed by atoms with Gasteiger partial charge in [0, 0.05) is 26.0 Å². The maximum Gasteiger partial charge on any atom is 0.0587 e. The highest BCUT2D eigenvalue weighted by Crippen LogP contribution is 2.10. The fourth-order valence-electron chi connectivity index (χ4n) is 1.68. The minimum absolute atomic E-state index is 0.625. The van der Waals surface area contributed by atoms with E-state index in [1.165, 1.54) is 11.1 Å². The van der Waals surface area contributed by atoms with Crippen molar-refractivity contribution in [2.45, 2.75) is 20.3 Å². The minimum Gasteiger partial charge on any atom is -0.383 e. The van der Waals surface area contributed by atoms with Crippen LogP contribution in [0.4, 0.5) is 0 Å². The number of aryl methyl sites for hydroxylation is 1. The van der Waals surface area contributed by atoms with E-state index in [9.17, 15) is 0 Å². The Morgan fingerprint density at radius 2 is 2.31 bits per heavy atom. The second kappa shape index (κ2) is 7.36. The van der Waals surface area contributed by atoms with Gasteiger partial charge in [0.15, 0.2) is 0 Å². The van der Waals surface area contributed by atoms with Crippen LogP contribution in [0.15, 0.2) is 18.5 Å². The molecule has 0 radical (unpaired) electrons. The lowest BCUT2D eigenvalue weighted by Crippen LogP contribution is -2.25. The molecule has 1 unspecified atom stereocenters. The second-order valence-corrected chi connectivity index (χ2v) is 4.31. The van der Waals surface area contributed by atoms with Crippen molar-refractivity contribution in [2.24, 2.45) is 5.92 Å². The van der Waals surface area contributed by atoms with Crippen molar-refractivity contribution in [3.63, 3.8) is 0 Å². The molecule has 0 fully saturated rings. The molecule has 16 heavy (non-hydrogen) atoms. The van der Waals surface area contributed by atoms with Crippen LogP contribution in [-0.2, 0) is 11.2 Å². The van der Waals surface area contributed by atoms with Gasteiger partial charge in [-0.25, -0.2) is 0 Å². The van der Waals surface area contributed by atoms with Crippen LogP contribution in [0, 0.1) is 12.8 Å². The monoisotopic (exact) mass is 222 g/mol. The van der Waals surface area contributed by atoms with Crippen molar-refractivity contribution in [2.75, 3.05) is 26.8 Å². The molecule has 0 aliphatic carbocycles. The van der Waals surface area contributed by atoms with Crippen LogP contribution < -0.4 is 5.32 Å².